The van der Waals surface area contributed by atoms with Gasteiger partial charge in [-0.25, -0.2) is 0 Å². The van der Waals surface area contributed by atoms with E-state index in [2.05, 4.69) is 10.4 Å². The zero-order valence-electron chi connectivity index (χ0n) is 10.6. The Labute approximate surface area is 106 Å². The van der Waals surface area contributed by atoms with Gasteiger partial charge in [0, 0.05) is 13.6 Å². The number of hydrogen-bond donors (Lipinski definition) is 3. The van der Waals surface area contributed by atoms with Crippen LogP contribution in [0.4, 0.5) is 11.5 Å². The molecule has 96 valence electrons. The molecule has 5 nitrogen and oxygen atoms in total. The summed E-state index contributed by atoms with van der Waals surface area (Å²) in [6.07, 6.45) is -0.569. The first-order chi connectivity index (χ1) is 8.59. The van der Waals surface area contributed by atoms with Crippen molar-refractivity contribution in [2.24, 2.45) is 7.05 Å². The van der Waals surface area contributed by atoms with Gasteiger partial charge in [0.1, 0.15) is 5.82 Å². The number of aliphatic hydroxyl groups is 1. The van der Waals surface area contributed by atoms with Crippen molar-refractivity contribution >= 4 is 11.5 Å². The minimum atomic E-state index is -0.569. The highest BCUT2D eigenvalue weighted by Crippen LogP contribution is 2.22. The van der Waals surface area contributed by atoms with E-state index in [0.29, 0.717) is 12.2 Å². The maximum atomic E-state index is 10.0. The summed E-state index contributed by atoms with van der Waals surface area (Å²) in [4.78, 5) is 0. The normalized spacial score (nSPS) is 12.4. The van der Waals surface area contributed by atoms with Crippen molar-refractivity contribution in [3.8, 4) is 0 Å². The van der Waals surface area contributed by atoms with E-state index < -0.39 is 6.10 Å². The molecule has 0 saturated heterocycles. The van der Waals surface area contributed by atoms with E-state index in [1.807, 2.05) is 44.3 Å². The third-order valence-corrected chi connectivity index (χ3v) is 2.92. The number of anilines is 2. The summed E-state index contributed by atoms with van der Waals surface area (Å²) in [5, 5.41) is 17.4. The van der Waals surface area contributed by atoms with Gasteiger partial charge in [0.2, 0.25) is 0 Å². The van der Waals surface area contributed by atoms with Gasteiger partial charge in [-0.2, -0.15) is 5.10 Å². The highest BCUT2D eigenvalue weighted by molar-refractivity contribution is 5.64. The van der Waals surface area contributed by atoms with E-state index in [1.165, 1.54) is 0 Å². The lowest BCUT2D eigenvalue weighted by Crippen LogP contribution is -2.15. The number of nitrogens with zero attached hydrogens (tertiary/aromatic N) is 2. The van der Waals surface area contributed by atoms with Crippen molar-refractivity contribution in [2.75, 3.05) is 17.6 Å². The number of nitrogens with one attached hydrogen (secondary N) is 1. The smallest absolute Gasteiger partial charge is 0.147 e. The van der Waals surface area contributed by atoms with Gasteiger partial charge >= 0.3 is 0 Å². The van der Waals surface area contributed by atoms with Gasteiger partial charge < -0.3 is 16.2 Å². The van der Waals surface area contributed by atoms with Gasteiger partial charge in [-0.05, 0) is 12.5 Å². The standard InChI is InChI=1S/C13H18N4O/c1-9-12(14)13(17(2)16-9)15-8-11(18)10-6-4-3-5-7-10/h3-7,11,15,18H,8,14H2,1-2H3. The van der Waals surface area contributed by atoms with Crippen LogP contribution in [0.5, 0.6) is 0 Å². The van der Waals surface area contributed by atoms with Crippen LogP contribution in [-0.2, 0) is 7.05 Å². The van der Waals surface area contributed by atoms with E-state index >= 15 is 0 Å². The van der Waals surface area contributed by atoms with Crippen LogP contribution in [-0.4, -0.2) is 21.4 Å². The number of aliphatic hydroxyl groups excluding tert-OH is 1. The Kier molecular flexibility index (Phi) is 3.53. The number of aryl methyl sites for hydroxylation is 2. The SMILES string of the molecule is Cc1nn(C)c(NCC(O)c2ccccc2)c1N. The van der Waals surface area contributed by atoms with E-state index in [-0.39, 0.29) is 0 Å². The third kappa shape index (κ3) is 2.46. The van der Waals surface area contributed by atoms with Crippen LogP contribution < -0.4 is 11.1 Å². The molecule has 0 bridgehead atoms. The molecule has 1 unspecified atom stereocenters. The van der Waals surface area contributed by atoms with Crippen LogP contribution >= 0.6 is 0 Å². The number of nitrogen functional groups attached to an aromatic ring is 1. The molecule has 1 heterocycles. The van der Waals surface area contributed by atoms with Crippen molar-refractivity contribution in [3.63, 3.8) is 0 Å². The summed E-state index contributed by atoms with van der Waals surface area (Å²) in [7, 11) is 1.82. The van der Waals surface area contributed by atoms with Crippen LogP contribution in [0, 0.1) is 6.92 Å². The quantitative estimate of drug-likeness (QED) is 0.763. The first kappa shape index (κ1) is 12.4. The summed E-state index contributed by atoms with van der Waals surface area (Å²) in [5.41, 5.74) is 8.19. The maximum absolute atomic E-state index is 10.0. The molecular weight excluding hydrogens is 228 g/mol. The number of benzene rings is 1. The molecule has 2 rings (SSSR count). The predicted molar refractivity (Wildman–Crippen MR) is 72.2 cm³/mol. The van der Waals surface area contributed by atoms with Crippen molar-refractivity contribution < 1.29 is 5.11 Å². The number of hydrogen-bond acceptors (Lipinski definition) is 4. The number of rotatable bonds is 4. The fourth-order valence-electron chi connectivity index (χ4n) is 1.87. The predicted octanol–water partition coefficient (Wildman–Crippen LogP) is 1.46. The van der Waals surface area contributed by atoms with Crippen molar-refractivity contribution in [2.45, 2.75) is 13.0 Å². The van der Waals surface area contributed by atoms with Gasteiger partial charge in [-0.3, -0.25) is 4.68 Å². The van der Waals surface area contributed by atoms with Crippen molar-refractivity contribution in [1.82, 2.24) is 9.78 Å². The van der Waals surface area contributed by atoms with Crippen LogP contribution in [0.3, 0.4) is 0 Å². The Morgan fingerprint density at radius 3 is 2.61 bits per heavy atom. The Balaban J connectivity index is 2.04. The molecule has 1 aromatic heterocycles. The molecule has 0 aliphatic heterocycles. The molecule has 5 heteroatoms. The van der Waals surface area contributed by atoms with E-state index in [4.69, 9.17) is 5.73 Å². The van der Waals surface area contributed by atoms with E-state index in [1.54, 1.807) is 4.68 Å². The lowest BCUT2D eigenvalue weighted by atomic mass is 10.1. The van der Waals surface area contributed by atoms with Crippen LogP contribution in [0.15, 0.2) is 30.3 Å². The van der Waals surface area contributed by atoms with Gasteiger partial charge in [0.15, 0.2) is 0 Å². The summed E-state index contributed by atoms with van der Waals surface area (Å²) < 4.78 is 1.68. The molecule has 0 aliphatic rings. The summed E-state index contributed by atoms with van der Waals surface area (Å²) in [5.74, 6) is 0.738. The number of aromatic nitrogens is 2. The fraction of sp³-hybridized carbons (Fsp3) is 0.308. The van der Waals surface area contributed by atoms with E-state index in [9.17, 15) is 5.11 Å². The Bertz CT molecular complexity index is 521. The first-order valence-corrected chi connectivity index (χ1v) is 5.85. The van der Waals surface area contributed by atoms with Crippen molar-refractivity contribution in [3.05, 3.63) is 41.6 Å². The lowest BCUT2D eigenvalue weighted by molar-refractivity contribution is 0.191. The molecule has 1 atom stereocenters. The molecular formula is C13H18N4O. The molecule has 0 saturated carbocycles. The average molecular weight is 246 g/mol. The molecule has 4 N–H and O–H groups in total. The zero-order valence-corrected chi connectivity index (χ0v) is 10.6. The zero-order chi connectivity index (χ0) is 13.1. The Morgan fingerprint density at radius 1 is 1.39 bits per heavy atom. The summed E-state index contributed by atoms with van der Waals surface area (Å²) in [6, 6.07) is 9.52. The molecule has 18 heavy (non-hydrogen) atoms. The summed E-state index contributed by atoms with van der Waals surface area (Å²) >= 11 is 0. The molecule has 1 aromatic carbocycles. The highest BCUT2D eigenvalue weighted by atomic mass is 16.3. The van der Waals surface area contributed by atoms with Gasteiger partial charge in [0.05, 0.1) is 17.5 Å². The largest absolute Gasteiger partial charge is 0.394 e. The average Bonchev–Trinajstić information content (AvgIpc) is 2.62. The number of nitrogens with two attached hydrogens (primary N) is 1. The third-order valence-electron chi connectivity index (χ3n) is 2.92. The molecule has 0 fully saturated rings. The summed E-state index contributed by atoms with van der Waals surface area (Å²) in [6.45, 7) is 2.25. The van der Waals surface area contributed by atoms with Gasteiger partial charge in [0.25, 0.3) is 0 Å². The second-order valence-electron chi connectivity index (χ2n) is 4.28. The van der Waals surface area contributed by atoms with Crippen molar-refractivity contribution in [1.29, 1.82) is 0 Å². The highest BCUT2D eigenvalue weighted by Gasteiger charge is 2.12. The Morgan fingerprint density at radius 2 is 2.06 bits per heavy atom. The molecule has 0 amide bonds. The van der Waals surface area contributed by atoms with Crippen LogP contribution in [0.25, 0.3) is 0 Å². The fourth-order valence-corrected chi connectivity index (χ4v) is 1.87. The first-order valence-electron chi connectivity index (χ1n) is 5.85. The maximum Gasteiger partial charge on any atom is 0.147 e. The minimum absolute atomic E-state index is 0.396. The minimum Gasteiger partial charge on any atom is -0.394 e. The molecule has 0 radical (unpaired) electrons. The molecule has 0 aliphatic carbocycles. The Hall–Kier alpha value is -2.01. The van der Waals surface area contributed by atoms with Gasteiger partial charge in [-0.15, -0.1) is 0 Å². The topological polar surface area (TPSA) is 76.1 Å². The lowest BCUT2D eigenvalue weighted by Gasteiger charge is -2.13. The molecule has 0 spiro atoms. The monoisotopic (exact) mass is 246 g/mol. The van der Waals surface area contributed by atoms with Gasteiger partial charge in [-0.1, -0.05) is 30.3 Å². The second kappa shape index (κ2) is 5.10. The second-order valence-corrected chi connectivity index (χ2v) is 4.28. The molecule has 2 aromatic rings. The van der Waals surface area contributed by atoms with E-state index in [0.717, 1.165) is 17.1 Å². The van der Waals surface area contributed by atoms with Crippen LogP contribution in [0.1, 0.15) is 17.4 Å². The van der Waals surface area contributed by atoms with Crippen LogP contribution in [0.2, 0.25) is 0 Å².